The van der Waals surface area contributed by atoms with E-state index in [1.807, 2.05) is 24.3 Å². The fraction of sp³-hybridized carbons (Fsp3) is 0.154. The van der Waals surface area contributed by atoms with E-state index in [1.165, 1.54) is 41.6 Å². The molecule has 0 saturated carbocycles. The molecular weight excluding hydrogens is 463 g/mol. The van der Waals surface area contributed by atoms with Gasteiger partial charge in [-0.15, -0.1) is 0 Å². The molecule has 0 radical (unpaired) electrons. The van der Waals surface area contributed by atoms with Gasteiger partial charge in [0.1, 0.15) is 17.3 Å². The van der Waals surface area contributed by atoms with Gasteiger partial charge in [0, 0.05) is 23.4 Å². The summed E-state index contributed by atoms with van der Waals surface area (Å²) < 4.78 is 27.5. The number of nitrogens with zero attached hydrogens (tertiary/aromatic N) is 6. The first-order valence-corrected chi connectivity index (χ1v) is 11.2. The van der Waals surface area contributed by atoms with E-state index in [0.29, 0.717) is 23.0 Å². The minimum atomic E-state index is -0.586. The van der Waals surface area contributed by atoms with E-state index >= 15 is 0 Å². The van der Waals surface area contributed by atoms with Crippen molar-refractivity contribution >= 4 is 0 Å². The molecule has 0 aliphatic rings. The first kappa shape index (κ1) is 23.0. The Labute approximate surface area is 205 Å². The smallest absolute Gasteiger partial charge is 0.260 e. The zero-order chi connectivity index (χ0) is 25.1. The Bertz CT molecular complexity index is 1530. The van der Waals surface area contributed by atoms with Crippen LogP contribution in [0.5, 0.6) is 11.5 Å². The first-order valence-electron chi connectivity index (χ1n) is 11.2. The van der Waals surface area contributed by atoms with Crippen LogP contribution in [0.4, 0.5) is 4.39 Å². The molecule has 0 bridgehead atoms. The highest BCUT2D eigenvalue weighted by Crippen LogP contribution is 2.33. The maximum absolute atomic E-state index is 15.0. The molecule has 0 N–H and O–H groups in total. The molecule has 9 nitrogen and oxygen atoms in total. The van der Waals surface area contributed by atoms with Gasteiger partial charge >= 0.3 is 0 Å². The molecule has 5 rings (SSSR count). The fourth-order valence-corrected chi connectivity index (χ4v) is 3.57. The second-order valence-corrected chi connectivity index (χ2v) is 8.36. The number of ether oxygens (including phenoxy) is 1. The third kappa shape index (κ3) is 4.88. The number of hydrogen-bond donors (Lipinski definition) is 0. The molecular formula is C26H21FN6O3. The van der Waals surface area contributed by atoms with Crippen LogP contribution in [-0.2, 0) is 6.54 Å². The second-order valence-electron chi connectivity index (χ2n) is 8.36. The third-order valence-electron chi connectivity index (χ3n) is 5.53. The number of benzene rings is 2. The average Bonchev–Trinajstić information content (AvgIpc) is 3.42. The van der Waals surface area contributed by atoms with E-state index in [0.717, 1.165) is 17.0 Å². The molecule has 180 valence electrons. The van der Waals surface area contributed by atoms with E-state index in [4.69, 9.17) is 9.26 Å². The highest BCUT2D eigenvalue weighted by molar-refractivity contribution is 5.61. The molecule has 0 saturated heterocycles. The molecule has 3 heterocycles. The number of halogens is 1. The average molecular weight is 484 g/mol. The van der Waals surface area contributed by atoms with E-state index < -0.39 is 5.82 Å². The van der Waals surface area contributed by atoms with Crippen molar-refractivity contribution in [1.82, 2.24) is 29.9 Å². The van der Waals surface area contributed by atoms with Crippen LogP contribution in [0.25, 0.3) is 22.7 Å². The summed E-state index contributed by atoms with van der Waals surface area (Å²) in [5, 5.41) is 12.1. The summed E-state index contributed by atoms with van der Waals surface area (Å²) in [6, 6.07) is 15.3. The second kappa shape index (κ2) is 9.87. The van der Waals surface area contributed by atoms with E-state index in [-0.39, 0.29) is 23.6 Å². The van der Waals surface area contributed by atoms with Crippen LogP contribution in [-0.4, -0.2) is 29.9 Å². The lowest BCUT2D eigenvalue weighted by Crippen LogP contribution is -2.19. The van der Waals surface area contributed by atoms with Gasteiger partial charge in [-0.3, -0.25) is 9.36 Å². The molecule has 36 heavy (non-hydrogen) atoms. The van der Waals surface area contributed by atoms with Gasteiger partial charge in [0.05, 0.1) is 29.8 Å². The summed E-state index contributed by atoms with van der Waals surface area (Å²) >= 11 is 0. The molecule has 10 heteroatoms. The van der Waals surface area contributed by atoms with Gasteiger partial charge in [0.2, 0.25) is 0 Å². The third-order valence-corrected chi connectivity index (χ3v) is 5.53. The topological polar surface area (TPSA) is 109 Å². The standard InChI is InChI=1S/C26H21FN6O3/c1-16(2)22-7-8-23(32-31-22)17-3-5-19(6-4-17)35-24-12-20(26-29-14-30-36-26)21(27)11-18(24)13-33-15-28-10-9-25(33)34/h3-12,14-16H,13H2,1-2H3. The van der Waals surface area contributed by atoms with Gasteiger partial charge in [-0.25, -0.2) is 9.37 Å². The number of hydrogen-bond acceptors (Lipinski definition) is 8. The van der Waals surface area contributed by atoms with Crippen molar-refractivity contribution in [2.75, 3.05) is 0 Å². The Kier molecular flexibility index (Phi) is 6.31. The SMILES string of the molecule is CC(C)c1ccc(-c2ccc(Oc3cc(-c4ncno4)c(F)cc3Cn3cnccc3=O)cc2)nn1. The van der Waals surface area contributed by atoms with Crippen LogP contribution >= 0.6 is 0 Å². The molecule has 5 aromatic rings. The Morgan fingerprint density at radius 1 is 1.06 bits per heavy atom. The van der Waals surface area contributed by atoms with Gasteiger partial charge in [-0.2, -0.15) is 15.2 Å². The van der Waals surface area contributed by atoms with Crippen molar-refractivity contribution in [1.29, 1.82) is 0 Å². The fourth-order valence-electron chi connectivity index (χ4n) is 3.57. The van der Waals surface area contributed by atoms with Crippen molar-refractivity contribution in [3.05, 3.63) is 101 Å². The largest absolute Gasteiger partial charge is 0.457 e. The summed E-state index contributed by atoms with van der Waals surface area (Å²) in [7, 11) is 0. The predicted octanol–water partition coefficient (Wildman–Crippen LogP) is 4.85. The summed E-state index contributed by atoms with van der Waals surface area (Å²) in [4.78, 5) is 20.1. The molecule has 0 fully saturated rings. The quantitative estimate of drug-likeness (QED) is 0.322. The van der Waals surface area contributed by atoms with Gasteiger partial charge in [-0.05, 0) is 54.4 Å². The van der Waals surface area contributed by atoms with Gasteiger partial charge < -0.3 is 9.26 Å². The highest BCUT2D eigenvalue weighted by atomic mass is 19.1. The maximum atomic E-state index is 15.0. The van der Waals surface area contributed by atoms with Crippen LogP contribution < -0.4 is 10.3 Å². The first-order chi connectivity index (χ1) is 17.5. The highest BCUT2D eigenvalue weighted by Gasteiger charge is 2.18. The lowest BCUT2D eigenvalue weighted by molar-refractivity contribution is 0.426. The zero-order valence-electron chi connectivity index (χ0n) is 19.5. The molecule has 0 aliphatic carbocycles. The van der Waals surface area contributed by atoms with Gasteiger partial charge in [0.25, 0.3) is 11.4 Å². The summed E-state index contributed by atoms with van der Waals surface area (Å²) in [5.41, 5.74) is 2.78. The maximum Gasteiger partial charge on any atom is 0.260 e. The summed E-state index contributed by atoms with van der Waals surface area (Å²) in [6.45, 7) is 4.18. The normalized spacial score (nSPS) is 11.1. The molecule has 0 aliphatic heterocycles. The molecule has 0 unspecified atom stereocenters. The van der Waals surface area contributed by atoms with E-state index in [1.54, 1.807) is 12.1 Å². The molecule has 0 atom stereocenters. The Balaban J connectivity index is 1.47. The predicted molar refractivity (Wildman–Crippen MR) is 129 cm³/mol. The molecule has 2 aromatic carbocycles. The van der Waals surface area contributed by atoms with Crippen molar-refractivity contribution in [2.45, 2.75) is 26.3 Å². The minimum absolute atomic E-state index is 0.0150. The summed E-state index contributed by atoms with van der Waals surface area (Å²) in [6.07, 6.45) is 3.97. The van der Waals surface area contributed by atoms with Gasteiger partial charge in [0.15, 0.2) is 6.33 Å². The monoisotopic (exact) mass is 484 g/mol. The Morgan fingerprint density at radius 2 is 1.89 bits per heavy atom. The summed E-state index contributed by atoms with van der Waals surface area (Å²) in [5.74, 6) is 0.563. The lowest BCUT2D eigenvalue weighted by Gasteiger charge is -2.14. The van der Waals surface area contributed by atoms with Crippen LogP contribution in [0.1, 0.15) is 31.0 Å². The lowest BCUT2D eigenvalue weighted by atomic mass is 10.1. The molecule has 0 spiro atoms. The number of rotatable bonds is 7. The van der Waals surface area contributed by atoms with E-state index in [9.17, 15) is 9.18 Å². The van der Waals surface area contributed by atoms with Crippen molar-refractivity contribution in [2.24, 2.45) is 0 Å². The van der Waals surface area contributed by atoms with Crippen LogP contribution in [0, 0.1) is 5.82 Å². The van der Waals surface area contributed by atoms with Crippen molar-refractivity contribution in [3.8, 4) is 34.2 Å². The van der Waals surface area contributed by atoms with Gasteiger partial charge in [-0.1, -0.05) is 19.0 Å². The number of aromatic nitrogens is 6. The zero-order valence-corrected chi connectivity index (χ0v) is 19.5. The minimum Gasteiger partial charge on any atom is -0.457 e. The van der Waals surface area contributed by atoms with Crippen LogP contribution in [0.3, 0.4) is 0 Å². The van der Waals surface area contributed by atoms with E-state index in [2.05, 4.69) is 39.2 Å². The van der Waals surface area contributed by atoms with Crippen molar-refractivity contribution < 1.29 is 13.7 Å². The molecule has 3 aromatic heterocycles. The Morgan fingerprint density at radius 3 is 2.56 bits per heavy atom. The van der Waals surface area contributed by atoms with Crippen LogP contribution in [0.15, 0.2) is 82.8 Å². The molecule has 0 amide bonds. The van der Waals surface area contributed by atoms with Crippen LogP contribution in [0.2, 0.25) is 0 Å². The Hall–Kier alpha value is -4.73. The van der Waals surface area contributed by atoms with Crippen molar-refractivity contribution in [3.63, 3.8) is 0 Å².